The molecule has 0 aliphatic rings. The van der Waals surface area contributed by atoms with Crippen molar-refractivity contribution in [3.63, 3.8) is 0 Å². The van der Waals surface area contributed by atoms with Crippen molar-refractivity contribution in [2.75, 3.05) is 6.54 Å². The van der Waals surface area contributed by atoms with Crippen molar-refractivity contribution in [3.05, 3.63) is 0 Å². The highest BCUT2D eigenvalue weighted by molar-refractivity contribution is 4.81. The summed E-state index contributed by atoms with van der Waals surface area (Å²) in [6.07, 6.45) is 0.630. The molecule has 1 atom stereocenters. The molecule has 0 saturated heterocycles. The summed E-state index contributed by atoms with van der Waals surface area (Å²) in [5.41, 5.74) is 0. The Labute approximate surface area is 82.5 Å². The van der Waals surface area contributed by atoms with Crippen LogP contribution in [0.3, 0.4) is 0 Å². The summed E-state index contributed by atoms with van der Waals surface area (Å²) >= 11 is 0. The van der Waals surface area contributed by atoms with E-state index in [1.165, 1.54) is 0 Å². The van der Waals surface area contributed by atoms with Gasteiger partial charge in [-0.25, -0.2) is 0 Å². The standard InChI is InChI=1S/C11H22N2/c1-9(2)8-13(10(3)4)11(5)6-7-12/h9-11H,6,8H2,1-5H3. The first-order chi connectivity index (χ1) is 5.99. The van der Waals surface area contributed by atoms with E-state index < -0.39 is 0 Å². The molecule has 0 spiro atoms. The molecular formula is C11H22N2. The van der Waals surface area contributed by atoms with Crippen molar-refractivity contribution >= 4 is 0 Å². The van der Waals surface area contributed by atoms with Crippen molar-refractivity contribution in [2.24, 2.45) is 5.92 Å². The number of nitriles is 1. The van der Waals surface area contributed by atoms with Gasteiger partial charge in [0.05, 0.1) is 12.5 Å². The van der Waals surface area contributed by atoms with Crippen LogP contribution in [0.25, 0.3) is 0 Å². The summed E-state index contributed by atoms with van der Waals surface area (Å²) in [6.45, 7) is 12.0. The van der Waals surface area contributed by atoms with Gasteiger partial charge in [0.25, 0.3) is 0 Å². The number of rotatable bonds is 5. The highest BCUT2D eigenvalue weighted by Crippen LogP contribution is 2.11. The number of nitrogens with zero attached hydrogens (tertiary/aromatic N) is 2. The van der Waals surface area contributed by atoms with Crippen LogP contribution in [0, 0.1) is 17.2 Å². The Kier molecular flexibility index (Phi) is 5.73. The van der Waals surface area contributed by atoms with Crippen LogP contribution >= 0.6 is 0 Å². The SMILES string of the molecule is CC(C)CN(C(C)C)C(C)CC#N. The second kappa shape index (κ2) is 5.99. The monoisotopic (exact) mass is 182 g/mol. The van der Waals surface area contributed by atoms with Crippen LogP contribution in [-0.2, 0) is 0 Å². The van der Waals surface area contributed by atoms with E-state index in [1.54, 1.807) is 0 Å². The maximum absolute atomic E-state index is 8.62. The molecule has 2 heteroatoms. The molecule has 0 aliphatic carbocycles. The van der Waals surface area contributed by atoms with Gasteiger partial charge in [0, 0.05) is 18.6 Å². The van der Waals surface area contributed by atoms with Gasteiger partial charge in [-0.15, -0.1) is 0 Å². The van der Waals surface area contributed by atoms with E-state index >= 15 is 0 Å². The van der Waals surface area contributed by atoms with Gasteiger partial charge in [-0.3, -0.25) is 4.90 Å². The quantitative estimate of drug-likeness (QED) is 0.653. The van der Waals surface area contributed by atoms with Gasteiger partial charge in [-0.2, -0.15) is 5.26 Å². The van der Waals surface area contributed by atoms with Gasteiger partial charge >= 0.3 is 0 Å². The fraction of sp³-hybridized carbons (Fsp3) is 0.909. The molecule has 2 nitrogen and oxygen atoms in total. The summed E-state index contributed by atoms with van der Waals surface area (Å²) in [7, 11) is 0. The van der Waals surface area contributed by atoms with Crippen LogP contribution in [-0.4, -0.2) is 23.5 Å². The molecule has 0 fully saturated rings. The molecular weight excluding hydrogens is 160 g/mol. The first-order valence-electron chi connectivity index (χ1n) is 5.11. The minimum absolute atomic E-state index is 0.382. The molecule has 0 aromatic carbocycles. The van der Waals surface area contributed by atoms with Crippen LogP contribution in [0.2, 0.25) is 0 Å². The lowest BCUT2D eigenvalue weighted by Gasteiger charge is -2.32. The summed E-state index contributed by atoms with van der Waals surface area (Å²) in [4.78, 5) is 2.40. The minimum Gasteiger partial charge on any atom is -0.297 e. The highest BCUT2D eigenvalue weighted by atomic mass is 15.2. The average molecular weight is 182 g/mol. The lowest BCUT2D eigenvalue weighted by molar-refractivity contribution is 0.147. The molecule has 0 amide bonds. The predicted octanol–water partition coefficient (Wildman–Crippen LogP) is 2.65. The molecule has 0 N–H and O–H groups in total. The Morgan fingerprint density at radius 1 is 1.15 bits per heavy atom. The van der Waals surface area contributed by atoms with Crippen LogP contribution in [0.15, 0.2) is 0 Å². The largest absolute Gasteiger partial charge is 0.297 e. The Bertz CT molecular complexity index is 167. The van der Waals surface area contributed by atoms with Crippen LogP contribution in [0.4, 0.5) is 0 Å². The summed E-state index contributed by atoms with van der Waals surface area (Å²) in [5, 5.41) is 8.62. The van der Waals surface area contributed by atoms with Crippen molar-refractivity contribution in [1.29, 1.82) is 5.26 Å². The first-order valence-corrected chi connectivity index (χ1v) is 5.11. The van der Waals surface area contributed by atoms with Gasteiger partial charge in [0.15, 0.2) is 0 Å². The second-order valence-electron chi connectivity index (χ2n) is 4.40. The lowest BCUT2D eigenvalue weighted by atomic mass is 10.1. The first kappa shape index (κ1) is 12.4. The van der Waals surface area contributed by atoms with Crippen molar-refractivity contribution < 1.29 is 0 Å². The van der Waals surface area contributed by atoms with Crippen molar-refractivity contribution in [2.45, 2.75) is 53.1 Å². The number of hydrogen-bond donors (Lipinski definition) is 0. The molecule has 0 bridgehead atoms. The fourth-order valence-corrected chi connectivity index (χ4v) is 1.57. The average Bonchev–Trinajstić information content (AvgIpc) is 1.99. The molecule has 0 aromatic heterocycles. The molecule has 0 radical (unpaired) electrons. The molecule has 13 heavy (non-hydrogen) atoms. The van der Waals surface area contributed by atoms with Crippen molar-refractivity contribution in [3.8, 4) is 6.07 Å². The molecule has 1 unspecified atom stereocenters. The maximum Gasteiger partial charge on any atom is 0.0638 e. The lowest BCUT2D eigenvalue weighted by Crippen LogP contribution is -2.40. The van der Waals surface area contributed by atoms with Gasteiger partial charge in [0.2, 0.25) is 0 Å². The van der Waals surface area contributed by atoms with Gasteiger partial charge < -0.3 is 0 Å². The normalized spacial score (nSPS) is 13.8. The molecule has 0 heterocycles. The fourth-order valence-electron chi connectivity index (χ4n) is 1.57. The van der Waals surface area contributed by atoms with Gasteiger partial charge in [-0.05, 0) is 26.7 Å². The van der Waals surface area contributed by atoms with E-state index in [2.05, 4.69) is 45.6 Å². The van der Waals surface area contributed by atoms with Crippen LogP contribution < -0.4 is 0 Å². The highest BCUT2D eigenvalue weighted by Gasteiger charge is 2.17. The van der Waals surface area contributed by atoms with E-state index in [0.29, 0.717) is 24.4 Å². The molecule has 76 valence electrons. The predicted molar refractivity (Wildman–Crippen MR) is 56.4 cm³/mol. The minimum atomic E-state index is 0.382. The van der Waals surface area contributed by atoms with Gasteiger partial charge in [0.1, 0.15) is 0 Å². The van der Waals surface area contributed by atoms with E-state index in [9.17, 15) is 0 Å². The van der Waals surface area contributed by atoms with Crippen LogP contribution in [0.1, 0.15) is 41.0 Å². The molecule has 0 saturated carbocycles. The Hall–Kier alpha value is -0.550. The maximum atomic E-state index is 8.62. The zero-order chi connectivity index (χ0) is 10.4. The molecule has 0 rings (SSSR count). The Balaban J connectivity index is 4.16. The smallest absolute Gasteiger partial charge is 0.0638 e. The third-order valence-electron chi connectivity index (χ3n) is 2.19. The Morgan fingerprint density at radius 3 is 2.00 bits per heavy atom. The summed E-state index contributed by atoms with van der Waals surface area (Å²) in [5.74, 6) is 0.670. The number of hydrogen-bond acceptors (Lipinski definition) is 2. The Morgan fingerprint density at radius 2 is 1.69 bits per heavy atom. The molecule has 0 aromatic rings. The second-order valence-corrected chi connectivity index (χ2v) is 4.40. The van der Waals surface area contributed by atoms with Gasteiger partial charge in [-0.1, -0.05) is 13.8 Å². The van der Waals surface area contributed by atoms with Crippen LogP contribution in [0.5, 0.6) is 0 Å². The molecule has 0 aliphatic heterocycles. The zero-order valence-corrected chi connectivity index (χ0v) is 9.54. The third-order valence-corrected chi connectivity index (χ3v) is 2.19. The van der Waals surface area contributed by atoms with E-state index in [0.717, 1.165) is 6.54 Å². The van der Waals surface area contributed by atoms with E-state index in [1.807, 2.05) is 0 Å². The topological polar surface area (TPSA) is 27.0 Å². The summed E-state index contributed by atoms with van der Waals surface area (Å²) in [6, 6.07) is 3.15. The van der Waals surface area contributed by atoms with E-state index in [-0.39, 0.29) is 0 Å². The summed E-state index contributed by atoms with van der Waals surface area (Å²) < 4.78 is 0. The van der Waals surface area contributed by atoms with Crippen molar-refractivity contribution in [1.82, 2.24) is 4.90 Å². The zero-order valence-electron chi connectivity index (χ0n) is 9.54. The van der Waals surface area contributed by atoms with E-state index in [4.69, 9.17) is 5.26 Å². The third kappa shape index (κ3) is 4.90.